The molecular formula is C20H23N3O3. The van der Waals surface area contributed by atoms with Crippen molar-refractivity contribution in [1.29, 1.82) is 0 Å². The minimum absolute atomic E-state index is 0.0710. The van der Waals surface area contributed by atoms with Crippen LogP contribution in [0.5, 0.6) is 0 Å². The molecule has 6 heteroatoms. The van der Waals surface area contributed by atoms with E-state index in [9.17, 15) is 9.59 Å². The fraction of sp³-hybridized carbons (Fsp3) is 0.450. The predicted octanol–water partition coefficient (Wildman–Crippen LogP) is 3.08. The molecule has 0 spiro atoms. The summed E-state index contributed by atoms with van der Waals surface area (Å²) in [6, 6.07) is 7.52. The molecule has 26 heavy (non-hydrogen) atoms. The second kappa shape index (κ2) is 6.59. The average molecular weight is 353 g/mol. The van der Waals surface area contributed by atoms with E-state index in [4.69, 9.17) is 4.42 Å². The Bertz CT molecular complexity index is 1020. The van der Waals surface area contributed by atoms with E-state index < -0.39 is 5.63 Å². The van der Waals surface area contributed by atoms with Gasteiger partial charge in [-0.05, 0) is 30.4 Å². The van der Waals surface area contributed by atoms with Crippen molar-refractivity contribution in [3.8, 4) is 0 Å². The van der Waals surface area contributed by atoms with E-state index in [1.54, 1.807) is 10.7 Å². The molecule has 1 fully saturated rings. The van der Waals surface area contributed by atoms with Gasteiger partial charge in [-0.25, -0.2) is 4.79 Å². The molecule has 4 rings (SSSR count). The Morgan fingerprint density at radius 1 is 1.27 bits per heavy atom. The van der Waals surface area contributed by atoms with Crippen LogP contribution in [0.4, 0.5) is 0 Å². The molecule has 1 N–H and O–H groups in total. The molecule has 3 unspecified atom stereocenters. The van der Waals surface area contributed by atoms with E-state index in [1.165, 1.54) is 12.6 Å². The van der Waals surface area contributed by atoms with Crippen molar-refractivity contribution in [2.45, 2.75) is 45.7 Å². The van der Waals surface area contributed by atoms with Gasteiger partial charge in [-0.2, -0.15) is 5.10 Å². The van der Waals surface area contributed by atoms with Gasteiger partial charge >= 0.3 is 5.63 Å². The summed E-state index contributed by atoms with van der Waals surface area (Å²) in [5, 5.41) is 8.62. The normalized spacial score (nSPS) is 23.4. The van der Waals surface area contributed by atoms with E-state index >= 15 is 0 Å². The molecule has 1 amide bonds. The van der Waals surface area contributed by atoms with Crippen molar-refractivity contribution >= 4 is 27.8 Å². The Balaban J connectivity index is 1.63. The highest BCUT2D eigenvalue weighted by atomic mass is 16.4. The summed E-state index contributed by atoms with van der Waals surface area (Å²) in [7, 11) is 0. The molecule has 2 heterocycles. The van der Waals surface area contributed by atoms with Crippen molar-refractivity contribution in [2.24, 2.45) is 11.8 Å². The molecule has 136 valence electrons. The van der Waals surface area contributed by atoms with Gasteiger partial charge in [-0.1, -0.05) is 38.8 Å². The van der Waals surface area contributed by atoms with E-state index in [1.807, 2.05) is 18.2 Å². The Kier molecular flexibility index (Phi) is 4.26. The van der Waals surface area contributed by atoms with Gasteiger partial charge in [0.15, 0.2) is 0 Å². The van der Waals surface area contributed by atoms with Crippen LogP contribution in [0.3, 0.4) is 0 Å². The zero-order chi connectivity index (χ0) is 18.3. The maximum absolute atomic E-state index is 12.6. The first-order valence-corrected chi connectivity index (χ1v) is 9.21. The number of fused-ring (bicyclic) bond motifs is 3. The zero-order valence-electron chi connectivity index (χ0n) is 15.1. The lowest BCUT2D eigenvalue weighted by Gasteiger charge is -2.34. The number of para-hydroxylation sites is 1. The van der Waals surface area contributed by atoms with Crippen LogP contribution >= 0.6 is 0 Å². The second-order valence-electron chi connectivity index (χ2n) is 7.39. The Morgan fingerprint density at radius 2 is 2.08 bits per heavy atom. The fourth-order valence-corrected chi connectivity index (χ4v) is 4.02. The second-order valence-corrected chi connectivity index (χ2v) is 7.39. The molecule has 3 atom stereocenters. The molecule has 3 aromatic rings. The maximum atomic E-state index is 12.6. The minimum atomic E-state index is -0.430. The van der Waals surface area contributed by atoms with Crippen LogP contribution in [-0.4, -0.2) is 21.7 Å². The molecule has 0 radical (unpaired) electrons. The lowest BCUT2D eigenvalue weighted by Crippen LogP contribution is -2.44. The lowest BCUT2D eigenvalue weighted by molar-refractivity contribution is -0.123. The van der Waals surface area contributed by atoms with Crippen molar-refractivity contribution in [3.63, 3.8) is 0 Å². The molecule has 1 saturated carbocycles. The summed E-state index contributed by atoms with van der Waals surface area (Å²) in [5.74, 6) is 1.02. The van der Waals surface area contributed by atoms with Gasteiger partial charge in [0.05, 0.1) is 11.7 Å². The average Bonchev–Trinajstić information content (AvgIpc) is 3.04. The fourth-order valence-electron chi connectivity index (χ4n) is 4.02. The summed E-state index contributed by atoms with van der Waals surface area (Å²) in [5.41, 5.74) is 0.721. The number of hydrogen-bond acceptors (Lipinski definition) is 4. The third-order valence-electron chi connectivity index (χ3n) is 5.75. The number of carbonyl (C=O) groups is 1. The van der Waals surface area contributed by atoms with E-state index in [0.717, 1.165) is 18.2 Å². The number of amides is 1. The third-order valence-corrected chi connectivity index (χ3v) is 5.75. The van der Waals surface area contributed by atoms with E-state index in [-0.39, 0.29) is 18.5 Å². The number of nitrogens with zero attached hydrogens (tertiary/aromatic N) is 2. The van der Waals surface area contributed by atoms with Crippen LogP contribution in [-0.2, 0) is 11.3 Å². The van der Waals surface area contributed by atoms with Gasteiger partial charge in [0, 0.05) is 11.4 Å². The largest absolute Gasteiger partial charge is 0.422 e. The molecule has 1 aromatic carbocycles. The number of aromatic nitrogens is 2. The van der Waals surface area contributed by atoms with Crippen LogP contribution in [0.1, 0.15) is 33.1 Å². The first kappa shape index (κ1) is 16.8. The molecule has 6 nitrogen and oxygen atoms in total. The highest BCUT2D eigenvalue weighted by Gasteiger charge is 2.28. The first-order valence-electron chi connectivity index (χ1n) is 9.21. The number of hydrogen-bond donors (Lipinski definition) is 1. The summed E-state index contributed by atoms with van der Waals surface area (Å²) in [6.07, 6.45) is 4.86. The lowest BCUT2D eigenvalue weighted by atomic mass is 9.78. The minimum Gasteiger partial charge on any atom is -0.422 e. The third kappa shape index (κ3) is 2.89. The maximum Gasteiger partial charge on any atom is 0.347 e. The van der Waals surface area contributed by atoms with Gasteiger partial charge in [0.2, 0.25) is 5.91 Å². The van der Waals surface area contributed by atoms with Crippen molar-refractivity contribution < 1.29 is 9.21 Å². The monoisotopic (exact) mass is 353 g/mol. The Labute approximate surface area is 151 Å². The summed E-state index contributed by atoms with van der Waals surface area (Å²) in [6.45, 7) is 4.54. The molecule has 0 aliphatic heterocycles. The number of nitrogens with one attached hydrogen (secondary N) is 1. The highest BCUT2D eigenvalue weighted by Crippen LogP contribution is 2.29. The standard InChI is InChI=1S/C20H23N3O3/c1-12-6-5-8-16(13(12)2)22-18(24)11-23-19-14-7-3-4-9-17(14)26-20(25)15(19)10-21-23/h3-4,7,9-10,12-13,16H,5-6,8,11H2,1-2H3,(H,22,24). The summed E-state index contributed by atoms with van der Waals surface area (Å²) < 4.78 is 6.93. The van der Waals surface area contributed by atoms with E-state index in [2.05, 4.69) is 24.3 Å². The van der Waals surface area contributed by atoms with Crippen molar-refractivity contribution in [3.05, 3.63) is 40.9 Å². The molecule has 0 bridgehead atoms. The molecule has 2 aromatic heterocycles. The first-order chi connectivity index (χ1) is 12.5. The van der Waals surface area contributed by atoms with Gasteiger partial charge in [-0.15, -0.1) is 0 Å². The molecule has 0 saturated heterocycles. The predicted molar refractivity (Wildman–Crippen MR) is 99.9 cm³/mol. The van der Waals surface area contributed by atoms with Crippen molar-refractivity contribution in [2.75, 3.05) is 0 Å². The molecule has 1 aliphatic rings. The number of rotatable bonds is 3. The van der Waals surface area contributed by atoms with Gasteiger partial charge in [-0.3, -0.25) is 9.48 Å². The number of benzene rings is 1. The van der Waals surface area contributed by atoms with Crippen molar-refractivity contribution in [1.82, 2.24) is 15.1 Å². The molecule has 1 aliphatic carbocycles. The van der Waals surface area contributed by atoms with E-state index in [0.29, 0.717) is 28.3 Å². The van der Waals surface area contributed by atoms with Crippen LogP contribution < -0.4 is 10.9 Å². The number of carbonyl (C=O) groups excluding carboxylic acids is 1. The Morgan fingerprint density at radius 3 is 2.92 bits per heavy atom. The quantitative estimate of drug-likeness (QED) is 0.734. The molecular weight excluding hydrogens is 330 g/mol. The SMILES string of the molecule is CC1CCCC(NC(=O)Cn2ncc3c(=O)oc4ccccc4c32)C1C. The van der Waals surface area contributed by atoms with Gasteiger partial charge < -0.3 is 9.73 Å². The van der Waals surface area contributed by atoms with Crippen LogP contribution in [0.15, 0.2) is 39.7 Å². The van der Waals surface area contributed by atoms with Crippen LogP contribution in [0, 0.1) is 11.8 Å². The van der Waals surface area contributed by atoms with Gasteiger partial charge in [0.25, 0.3) is 0 Å². The zero-order valence-corrected chi connectivity index (χ0v) is 15.1. The van der Waals surface area contributed by atoms with Crippen LogP contribution in [0.2, 0.25) is 0 Å². The summed E-state index contributed by atoms with van der Waals surface area (Å²) >= 11 is 0. The summed E-state index contributed by atoms with van der Waals surface area (Å²) in [4.78, 5) is 24.8. The Hall–Kier alpha value is -2.63. The highest BCUT2D eigenvalue weighted by molar-refractivity contribution is 6.02. The topological polar surface area (TPSA) is 77.1 Å². The van der Waals surface area contributed by atoms with Crippen LogP contribution in [0.25, 0.3) is 21.9 Å². The van der Waals surface area contributed by atoms with Gasteiger partial charge in [0.1, 0.15) is 17.5 Å². The smallest absolute Gasteiger partial charge is 0.347 e.